The fourth-order valence-corrected chi connectivity index (χ4v) is 7.82. The monoisotopic (exact) mass is 566 g/mol. The molecule has 7 aromatic rings. The second-order valence-electron chi connectivity index (χ2n) is 12.4. The number of imidazole rings is 1. The summed E-state index contributed by atoms with van der Waals surface area (Å²) >= 11 is 0. The SMILES string of the molecule is CC1(C)c2ccccc2C2(c3ccccc3Oc3ccccc32)c2cc(-c3nc4ccccc4n3-c3ccccc3)ccc21. The standard InChI is InChI=1S/C41H30N2O/c1-40(2)29-16-6-7-17-31(29)41(32-18-8-12-22-37(32)44-38-23-13-9-19-33(38)41)34-26-27(24-25-30(34)40)39-42-35-20-10-11-21-36(35)43(39)28-14-4-3-5-15-28/h3-26H,1-2H3. The van der Waals surface area contributed by atoms with Crippen molar-refractivity contribution in [1.82, 2.24) is 9.55 Å². The fourth-order valence-electron chi connectivity index (χ4n) is 7.82. The van der Waals surface area contributed by atoms with Gasteiger partial charge in [0.1, 0.15) is 17.3 Å². The molecular formula is C41H30N2O. The van der Waals surface area contributed by atoms with Crippen molar-refractivity contribution in [3.8, 4) is 28.6 Å². The molecule has 0 atom stereocenters. The third kappa shape index (κ3) is 3.24. The molecule has 1 aliphatic carbocycles. The van der Waals surface area contributed by atoms with Gasteiger partial charge in [0, 0.05) is 27.8 Å². The molecule has 0 unspecified atom stereocenters. The summed E-state index contributed by atoms with van der Waals surface area (Å²) in [4.78, 5) is 5.25. The van der Waals surface area contributed by atoms with Crippen LogP contribution in [-0.4, -0.2) is 9.55 Å². The van der Waals surface area contributed by atoms with Crippen molar-refractivity contribution < 1.29 is 4.74 Å². The van der Waals surface area contributed by atoms with E-state index in [0.29, 0.717) is 0 Å². The molecule has 6 aromatic carbocycles. The third-order valence-corrected chi connectivity index (χ3v) is 9.74. The molecule has 2 aliphatic rings. The van der Waals surface area contributed by atoms with Gasteiger partial charge in [0.15, 0.2) is 0 Å². The molecule has 0 amide bonds. The van der Waals surface area contributed by atoms with Gasteiger partial charge in [-0.05, 0) is 64.7 Å². The predicted molar refractivity (Wildman–Crippen MR) is 177 cm³/mol. The number of hydrogen-bond acceptors (Lipinski definition) is 2. The molecule has 3 heteroatoms. The molecule has 2 heterocycles. The second-order valence-corrected chi connectivity index (χ2v) is 12.4. The molecule has 9 rings (SSSR count). The highest BCUT2D eigenvalue weighted by Gasteiger charge is 2.52. The van der Waals surface area contributed by atoms with Crippen LogP contribution in [0.4, 0.5) is 0 Å². The van der Waals surface area contributed by atoms with Crippen LogP contribution in [0.15, 0.2) is 146 Å². The van der Waals surface area contributed by atoms with Crippen LogP contribution in [0.3, 0.4) is 0 Å². The Morgan fingerprint density at radius 1 is 0.523 bits per heavy atom. The summed E-state index contributed by atoms with van der Waals surface area (Å²) in [6.45, 7) is 4.71. The number of hydrogen-bond donors (Lipinski definition) is 0. The zero-order chi connectivity index (χ0) is 29.5. The van der Waals surface area contributed by atoms with E-state index in [1.165, 1.54) is 22.3 Å². The first kappa shape index (κ1) is 25.1. The van der Waals surface area contributed by atoms with Crippen LogP contribution in [0, 0.1) is 0 Å². The Labute approximate surface area is 257 Å². The van der Waals surface area contributed by atoms with E-state index >= 15 is 0 Å². The average molecular weight is 567 g/mol. The maximum Gasteiger partial charge on any atom is 0.145 e. The molecule has 1 spiro atoms. The molecule has 0 saturated heterocycles. The predicted octanol–water partition coefficient (Wildman–Crippen LogP) is 9.82. The largest absolute Gasteiger partial charge is 0.457 e. The van der Waals surface area contributed by atoms with Crippen molar-refractivity contribution in [3.63, 3.8) is 0 Å². The Bertz CT molecular complexity index is 2200. The molecule has 0 fully saturated rings. The van der Waals surface area contributed by atoms with Gasteiger partial charge in [0.05, 0.1) is 16.4 Å². The second kappa shape index (κ2) is 9.05. The van der Waals surface area contributed by atoms with Crippen LogP contribution >= 0.6 is 0 Å². The normalized spacial score (nSPS) is 15.1. The number of nitrogens with zero attached hydrogens (tertiary/aromatic N) is 2. The maximum atomic E-state index is 6.60. The highest BCUT2D eigenvalue weighted by molar-refractivity contribution is 5.84. The van der Waals surface area contributed by atoms with E-state index in [9.17, 15) is 0 Å². The van der Waals surface area contributed by atoms with Crippen LogP contribution in [-0.2, 0) is 10.8 Å². The van der Waals surface area contributed by atoms with Crippen LogP contribution in [0.25, 0.3) is 28.1 Å². The number of fused-ring (bicyclic) bond motifs is 9. The smallest absolute Gasteiger partial charge is 0.145 e. The molecule has 0 bridgehead atoms. The van der Waals surface area contributed by atoms with E-state index < -0.39 is 5.41 Å². The lowest BCUT2D eigenvalue weighted by molar-refractivity contribution is 0.425. The first-order valence-corrected chi connectivity index (χ1v) is 15.2. The summed E-state index contributed by atoms with van der Waals surface area (Å²) < 4.78 is 8.89. The Kier molecular flexibility index (Phi) is 5.16. The van der Waals surface area contributed by atoms with Crippen molar-refractivity contribution in [2.75, 3.05) is 0 Å². The molecule has 0 radical (unpaired) electrons. The number of para-hydroxylation sites is 5. The summed E-state index contributed by atoms with van der Waals surface area (Å²) in [6.07, 6.45) is 0. The van der Waals surface area contributed by atoms with E-state index in [0.717, 1.165) is 50.7 Å². The molecule has 1 aromatic heterocycles. The van der Waals surface area contributed by atoms with Gasteiger partial charge in [-0.3, -0.25) is 4.57 Å². The summed E-state index contributed by atoms with van der Waals surface area (Å²) in [6, 6.07) is 52.1. The maximum absolute atomic E-state index is 6.60. The molecule has 3 nitrogen and oxygen atoms in total. The van der Waals surface area contributed by atoms with Gasteiger partial charge in [0.2, 0.25) is 0 Å². The lowest BCUT2D eigenvalue weighted by Gasteiger charge is -2.50. The number of rotatable bonds is 2. The minimum Gasteiger partial charge on any atom is -0.457 e. The van der Waals surface area contributed by atoms with Gasteiger partial charge >= 0.3 is 0 Å². The summed E-state index contributed by atoms with van der Waals surface area (Å²) in [5.41, 5.74) is 11.0. The first-order valence-electron chi connectivity index (χ1n) is 15.2. The number of ether oxygens (including phenoxy) is 1. The van der Waals surface area contributed by atoms with Crippen LogP contribution in [0.1, 0.15) is 47.2 Å². The Morgan fingerprint density at radius 2 is 1.09 bits per heavy atom. The summed E-state index contributed by atoms with van der Waals surface area (Å²) in [5.74, 6) is 2.72. The van der Waals surface area contributed by atoms with Crippen LogP contribution < -0.4 is 4.74 Å². The fraction of sp³-hybridized carbons (Fsp3) is 0.0976. The summed E-state index contributed by atoms with van der Waals surface area (Å²) in [7, 11) is 0. The molecular weight excluding hydrogens is 536 g/mol. The topological polar surface area (TPSA) is 27.1 Å². The van der Waals surface area contributed by atoms with Crippen molar-refractivity contribution >= 4 is 11.0 Å². The number of benzene rings is 6. The van der Waals surface area contributed by atoms with E-state index in [1.807, 2.05) is 0 Å². The quantitative estimate of drug-likeness (QED) is 0.208. The molecule has 0 saturated carbocycles. The lowest BCUT2D eigenvalue weighted by Crippen LogP contribution is -2.43. The molecule has 0 N–H and O–H groups in total. The zero-order valence-electron chi connectivity index (χ0n) is 24.7. The molecule has 210 valence electrons. The van der Waals surface area contributed by atoms with Gasteiger partial charge in [0.25, 0.3) is 0 Å². The minimum absolute atomic E-state index is 0.211. The van der Waals surface area contributed by atoms with E-state index in [1.54, 1.807) is 0 Å². The zero-order valence-corrected chi connectivity index (χ0v) is 24.7. The Hall–Kier alpha value is -5.41. The number of aromatic nitrogens is 2. The third-order valence-electron chi connectivity index (χ3n) is 9.74. The van der Waals surface area contributed by atoms with Crippen molar-refractivity contribution in [2.24, 2.45) is 0 Å². The molecule has 44 heavy (non-hydrogen) atoms. The lowest BCUT2D eigenvalue weighted by atomic mass is 9.53. The highest BCUT2D eigenvalue weighted by Crippen LogP contribution is 2.61. The van der Waals surface area contributed by atoms with E-state index in [4.69, 9.17) is 9.72 Å². The van der Waals surface area contributed by atoms with Gasteiger partial charge < -0.3 is 4.74 Å². The van der Waals surface area contributed by atoms with Crippen LogP contribution in [0.5, 0.6) is 11.5 Å². The minimum atomic E-state index is -0.563. The van der Waals surface area contributed by atoms with Crippen molar-refractivity contribution in [1.29, 1.82) is 0 Å². The first-order chi connectivity index (χ1) is 21.6. The Morgan fingerprint density at radius 3 is 1.82 bits per heavy atom. The van der Waals surface area contributed by atoms with Gasteiger partial charge in [-0.25, -0.2) is 4.98 Å². The Balaban J connectivity index is 1.42. The highest BCUT2D eigenvalue weighted by atomic mass is 16.5. The molecule has 1 aliphatic heterocycles. The van der Waals surface area contributed by atoms with E-state index in [2.05, 4.69) is 164 Å². The van der Waals surface area contributed by atoms with Gasteiger partial charge in [-0.1, -0.05) is 117 Å². The van der Waals surface area contributed by atoms with Crippen LogP contribution in [0.2, 0.25) is 0 Å². The van der Waals surface area contributed by atoms with Gasteiger partial charge in [-0.2, -0.15) is 0 Å². The average Bonchev–Trinajstić information content (AvgIpc) is 3.47. The summed E-state index contributed by atoms with van der Waals surface area (Å²) in [5, 5.41) is 0. The van der Waals surface area contributed by atoms with E-state index in [-0.39, 0.29) is 5.41 Å². The van der Waals surface area contributed by atoms with Gasteiger partial charge in [-0.15, -0.1) is 0 Å². The van der Waals surface area contributed by atoms with Crippen molar-refractivity contribution in [2.45, 2.75) is 24.7 Å². The van der Waals surface area contributed by atoms with Crippen molar-refractivity contribution in [3.05, 3.63) is 179 Å².